The van der Waals surface area contributed by atoms with Crippen molar-refractivity contribution in [2.24, 2.45) is 52.3 Å². The van der Waals surface area contributed by atoms with Gasteiger partial charge in [0.25, 0.3) is 0 Å². The highest BCUT2D eigenvalue weighted by molar-refractivity contribution is 5.48. The third kappa shape index (κ3) is 7.07. The Morgan fingerprint density at radius 2 is 1.20 bits per heavy atom. The van der Waals surface area contributed by atoms with Gasteiger partial charge in [0, 0.05) is 16.8 Å². The molecule has 294 valence electrons. The second-order valence-corrected chi connectivity index (χ2v) is 18.8. The average molecular weight is 749 g/mol. The number of anilines is 2. The van der Waals surface area contributed by atoms with E-state index in [-0.39, 0.29) is 16.2 Å². The van der Waals surface area contributed by atoms with Crippen LogP contribution in [-0.2, 0) is 5.41 Å². The zero-order chi connectivity index (χ0) is 39.1. The highest BCUT2D eigenvalue weighted by Crippen LogP contribution is 2.69. The van der Waals surface area contributed by atoms with Crippen LogP contribution >= 0.6 is 0 Å². The standard InChI is InChI=1S/C52H64N2O2/c1-6-51-31-30-48-46(49(51)29-28-47(51)36(4)9-7-8-35(2)3)27-14-39-34-52(33-32-50(39,48)5,37-10-19-42(20-11-37)55-44-23-15-40(53)16-24-44)38-12-21-43(22-13-38)56-45-25-17-41(54)18-26-45/h6,10-27,35-36,39,46-49H,1,7-9,28-34,53-54H2,2-5H3. The Bertz CT molecular complexity index is 1890. The third-order valence-electron chi connectivity index (χ3n) is 15.5. The minimum Gasteiger partial charge on any atom is -0.457 e. The number of fused-ring (bicyclic) bond motifs is 5. The van der Waals surface area contributed by atoms with Gasteiger partial charge in [-0.3, -0.25) is 0 Å². The van der Waals surface area contributed by atoms with Gasteiger partial charge in [-0.15, -0.1) is 6.58 Å². The second kappa shape index (κ2) is 15.5. The monoisotopic (exact) mass is 748 g/mol. The molecule has 4 N–H and O–H groups in total. The van der Waals surface area contributed by atoms with Crippen molar-refractivity contribution in [1.29, 1.82) is 0 Å². The van der Waals surface area contributed by atoms with Crippen LogP contribution < -0.4 is 20.9 Å². The minimum atomic E-state index is -0.135. The fraction of sp³-hybridized carbons (Fsp3) is 0.462. The predicted molar refractivity (Wildman–Crippen MR) is 233 cm³/mol. The summed E-state index contributed by atoms with van der Waals surface area (Å²) in [7, 11) is 0. The number of benzene rings is 4. The van der Waals surface area contributed by atoms with Crippen LogP contribution in [0.2, 0.25) is 0 Å². The molecular weight excluding hydrogens is 685 g/mol. The molecule has 4 aromatic rings. The fourth-order valence-electron chi connectivity index (χ4n) is 12.4. The van der Waals surface area contributed by atoms with E-state index in [4.69, 9.17) is 20.9 Å². The van der Waals surface area contributed by atoms with Crippen LogP contribution in [-0.4, -0.2) is 0 Å². The molecule has 0 heterocycles. The molecule has 3 saturated carbocycles. The Labute approximate surface area is 336 Å². The van der Waals surface area contributed by atoms with Crippen molar-refractivity contribution in [1.82, 2.24) is 0 Å². The molecule has 0 aromatic heterocycles. The van der Waals surface area contributed by atoms with Crippen molar-refractivity contribution in [3.05, 3.63) is 133 Å². The second-order valence-electron chi connectivity index (χ2n) is 18.8. The molecule has 0 amide bonds. The highest BCUT2D eigenvalue weighted by Gasteiger charge is 2.61. The molecule has 0 radical (unpaired) electrons. The Hall–Kier alpha value is -4.44. The van der Waals surface area contributed by atoms with Gasteiger partial charge in [-0.05, 0) is 181 Å². The van der Waals surface area contributed by atoms with Crippen molar-refractivity contribution in [2.75, 3.05) is 11.5 Å². The number of nitrogens with two attached hydrogens (primary N) is 2. The quantitative estimate of drug-likeness (QED) is 0.112. The van der Waals surface area contributed by atoms with Gasteiger partial charge in [0.15, 0.2) is 0 Å². The van der Waals surface area contributed by atoms with E-state index in [2.05, 4.69) is 101 Å². The Morgan fingerprint density at radius 1 is 0.661 bits per heavy atom. The summed E-state index contributed by atoms with van der Waals surface area (Å²) in [6.07, 6.45) is 20.7. The largest absolute Gasteiger partial charge is 0.457 e. The first-order valence-electron chi connectivity index (χ1n) is 21.6. The van der Waals surface area contributed by atoms with E-state index in [0.717, 1.165) is 76.8 Å². The lowest BCUT2D eigenvalue weighted by molar-refractivity contribution is -0.0618. The van der Waals surface area contributed by atoms with E-state index in [1.54, 1.807) is 0 Å². The van der Waals surface area contributed by atoms with Crippen LogP contribution in [0.1, 0.15) is 103 Å². The number of ether oxygens (including phenoxy) is 2. The van der Waals surface area contributed by atoms with Gasteiger partial charge < -0.3 is 20.9 Å². The van der Waals surface area contributed by atoms with Crippen molar-refractivity contribution < 1.29 is 9.47 Å². The highest BCUT2D eigenvalue weighted by atomic mass is 16.5. The molecule has 8 unspecified atom stereocenters. The van der Waals surface area contributed by atoms with E-state index in [9.17, 15) is 0 Å². The summed E-state index contributed by atoms with van der Waals surface area (Å²) in [6, 6.07) is 33.0. The van der Waals surface area contributed by atoms with Gasteiger partial charge in [-0.2, -0.15) is 0 Å². The van der Waals surface area contributed by atoms with Crippen molar-refractivity contribution in [3.8, 4) is 23.0 Å². The predicted octanol–water partition coefficient (Wildman–Crippen LogP) is 13.8. The SMILES string of the molecule is C=CC12CCC3C(C=CC4CC(c5ccc(Oc6ccc(N)cc6)cc5)(c5ccc(Oc6ccc(N)cc6)cc5)CCC43C)C1CCC2C(C)CCCC(C)C. The van der Waals surface area contributed by atoms with Gasteiger partial charge in [-0.25, -0.2) is 0 Å². The molecule has 0 aliphatic heterocycles. The molecule has 4 aliphatic carbocycles. The molecule has 0 spiro atoms. The Balaban J connectivity index is 1.08. The van der Waals surface area contributed by atoms with Crippen LogP contribution in [0, 0.1) is 52.3 Å². The first kappa shape index (κ1) is 38.4. The topological polar surface area (TPSA) is 70.5 Å². The maximum atomic E-state index is 6.26. The zero-order valence-electron chi connectivity index (χ0n) is 34.3. The molecular formula is C52H64N2O2. The summed E-state index contributed by atoms with van der Waals surface area (Å²) in [4.78, 5) is 0. The van der Waals surface area contributed by atoms with Crippen LogP contribution in [0.15, 0.2) is 122 Å². The van der Waals surface area contributed by atoms with Crippen molar-refractivity contribution in [3.63, 3.8) is 0 Å². The zero-order valence-corrected chi connectivity index (χ0v) is 34.3. The number of hydrogen-bond donors (Lipinski definition) is 2. The summed E-state index contributed by atoms with van der Waals surface area (Å²) in [5, 5.41) is 0. The van der Waals surface area contributed by atoms with Crippen LogP contribution in [0.25, 0.3) is 0 Å². The molecule has 4 aromatic carbocycles. The molecule has 0 bridgehead atoms. The molecule has 8 atom stereocenters. The molecule has 0 saturated heterocycles. The lowest BCUT2D eigenvalue weighted by Gasteiger charge is -2.61. The maximum absolute atomic E-state index is 6.26. The lowest BCUT2D eigenvalue weighted by atomic mass is 9.43. The smallest absolute Gasteiger partial charge is 0.127 e. The minimum absolute atomic E-state index is 0.135. The molecule has 4 nitrogen and oxygen atoms in total. The van der Waals surface area contributed by atoms with Gasteiger partial charge in [-0.1, -0.05) is 89.5 Å². The van der Waals surface area contributed by atoms with Gasteiger partial charge in [0.05, 0.1) is 0 Å². The Kier molecular flexibility index (Phi) is 10.6. The fourth-order valence-corrected chi connectivity index (χ4v) is 12.4. The first-order valence-corrected chi connectivity index (χ1v) is 21.6. The summed E-state index contributed by atoms with van der Waals surface area (Å²) < 4.78 is 12.5. The van der Waals surface area contributed by atoms with Crippen LogP contribution in [0.3, 0.4) is 0 Å². The molecule has 4 heteroatoms. The summed E-state index contributed by atoms with van der Waals surface area (Å²) in [6.45, 7) is 14.6. The number of rotatable bonds is 12. The van der Waals surface area contributed by atoms with Gasteiger partial charge in [0.1, 0.15) is 23.0 Å². The lowest BCUT2D eigenvalue weighted by Crippen LogP contribution is -2.54. The van der Waals surface area contributed by atoms with Crippen molar-refractivity contribution in [2.45, 2.75) is 97.3 Å². The van der Waals surface area contributed by atoms with E-state index in [0.29, 0.717) is 11.8 Å². The molecule has 8 rings (SSSR count). The van der Waals surface area contributed by atoms with E-state index in [1.807, 2.05) is 48.5 Å². The van der Waals surface area contributed by atoms with Crippen LogP contribution in [0.5, 0.6) is 23.0 Å². The van der Waals surface area contributed by atoms with Gasteiger partial charge >= 0.3 is 0 Å². The number of nitrogen functional groups attached to an aromatic ring is 2. The Morgan fingerprint density at radius 3 is 1.71 bits per heavy atom. The molecule has 4 aliphatic rings. The number of hydrogen-bond acceptors (Lipinski definition) is 4. The molecule has 56 heavy (non-hydrogen) atoms. The third-order valence-corrected chi connectivity index (χ3v) is 15.5. The summed E-state index contributed by atoms with van der Waals surface area (Å²) in [5.74, 6) is 8.16. The summed E-state index contributed by atoms with van der Waals surface area (Å²) in [5.41, 5.74) is 16.5. The first-order chi connectivity index (χ1) is 27.0. The number of allylic oxidation sites excluding steroid dienone is 3. The molecule has 3 fully saturated rings. The van der Waals surface area contributed by atoms with E-state index < -0.39 is 0 Å². The van der Waals surface area contributed by atoms with E-state index in [1.165, 1.54) is 62.5 Å². The van der Waals surface area contributed by atoms with Crippen molar-refractivity contribution >= 4 is 11.4 Å². The van der Waals surface area contributed by atoms with Gasteiger partial charge in [0.2, 0.25) is 0 Å². The van der Waals surface area contributed by atoms with Crippen LogP contribution in [0.4, 0.5) is 11.4 Å². The normalized spacial score (nSPS) is 29.5. The summed E-state index contributed by atoms with van der Waals surface area (Å²) >= 11 is 0. The average Bonchev–Trinajstić information content (AvgIpc) is 3.60. The maximum Gasteiger partial charge on any atom is 0.127 e. The van der Waals surface area contributed by atoms with E-state index >= 15 is 0 Å².